The first-order valence-electron chi connectivity index (χ1n) is 3.65. The standard InChI is InChI=1S/C8H14N2/c1-8(2,3)7-4-5-9-10-6-7/h5-7H,4H2,1-3H3. The van der Waals surface area contributed by atoms with Crippen molar-refractivity contribution in [1.29, 1.82) is 0 Å². The molecule has 1 atom stereocenters. The van der Waals surface area contributed by atoms with Gasteiger partial charge in [0.05, 0.1) is 0 Å². The Bertz CT molecular complexity index is 163. The van der Waals surface area contributed by atoms with Gasteiger partial charge in [0.15, 0.2) is 0 Å². The maximum atomic E-state index is 3.87. The largest absolute Gasteiger partial charge is 0.164 e. The third-order valence-electron chi connectivity index (χ3n) is 1.87. The van der Waals surface area contributed by atoms with Crippen molar-refractivity contribution >= 4 is 12.4 Å². The smallest absolute Gasteiger partial charge is 0.0310 e. The van der Waals surface area contributed by atoms with E-state index in [1.165, 1.54) is 0 Å². The highest BCUT2D eigenvalue weighted by Gasteiger charge is 2.22. The van der Waals surface area contributed by atoms with Gasteiger partial charge in [-0.05, 0) is 11.8 Å². The average Bonchev–Trinajstić information content (AvgIpc) is 1.88. The second-order valence-corrected chi connectivity index (χ2v) is 3.77. The summed E-state index contributed by atoms with van der Waals surface area (Å²) < 4.78 is 0. The molecule has 1 aliphatic rings. The molecule has 10 heavy (non-hydrogen) atoms. The number of rotatable bonds is 0. The quantitative estimate of drug-likeness (QED) is 0.490. The van der Waals surface area contributed by atoms with Crippen LogP contribution in [0.1, 0.15) is 27.2 Å². The lowest BCUT2D eigenvalue weighted by Crippen LogP contribution is -2.23. The minimum Gasteiger partial charge on any atom is -0.164 e. The first-order valence-corrected chi connectivity index (χ1v) is 3.65. The Hall–Kier alpha value is -0.660. The SMILES string of the molecule is CC(C)(C)C1C=NN=CC1. The summed E-state index contributed by atoms with van der Waals surface area (Å²) in [5, 5.41) is 7.65. The number of hydrogen-bond acceptors (Lipinski definition) is 2. The third-order valence-corrected chi connectivity index (χ3v) is 1.87. The van der Waals surface area contributed by atoms with E-state index in [1.807, 2.05) is 12.4 Å². The minimum absolute atomic E-state index is 0.329. The van der Waals surface area contributed by atoms with E-state index in [0.29, 0.717) is 11.3 Å². The van der Waals surface area contributed by atoms with E-state index in [1.54, 1.807) is 0 Å². The summed E-state index contributed by atoms with van der Waals surface area (Å²) in [5.41, 5.74) is 0.329. The van der Waals surface area contributed by atoms with Crippen LogP contribution >= 0.6 is 0 Å². The highest BCUT2D eigenvalue weighted by Crippen LogP contribution is 2.27. The lowest BCUT2D eigenvalue weighted by molar-refractivity contribution is 0.324. The van der Waals surface area contributed by atoms with Gasteiger partial charge in [0, 0.05) is 18.3 Å². The van der Waals surface area contributed by atoms with E-state index in [2.05, 4.69) is 31.0 Å². The molecule has 56 valence electrons. The summed E-state index contributed by atoms with van der Waals surface area (Å²) >= 11 is 0. The Balaban J connectivity index is 2.60. The van der Waals surface area contributed by atoms with Gasteiger partial charge in [0.1, 0.15) is 0 Å². The van der Waals surface area contributed by atoms with Crippen LogP contribution in [0.3, 0.4) is 0 Å². The lowest BCUT2D eigenvalue weighted by Gasteiger charge is -2.26. The Labute approximate surface area is 62.0 Å². The summed E-state index contributed by atoms with van der Waals surface area (Å²) in [6.07, 6.45) is 4.86. The molecule has 0 fully saturated rings. The monoisotopic (exact) mass is 138 g/mol. The number of hydrogen-bond donors (Lipinski definition) is 0. The fraction of sp³-hybridized carbons (Fsp3) is 0.750. The van der Waals surface area contributed by atoms with Crippen molar-refractivity contribution in [3.63, 3.8) is 0 Å². The molecule has 0 aliphatic carbocycles. The zero-order valence-electron chi connectivity index (χ0n) is 6.83. The Morgan fingerprint density at radius 1 is 1.30 bits per heavy atom. The van der Waals surface area contributed by atoms with E-state index in [9.17, 15) is 0 Å². The van der Waals surface area contributed by atoms with Gasteiger partial charge in [-0.15, -0.1) is 0 Å². The molecule has 1 heterocycles. The second-order valence-electron chi connectivity index (χ2n) is 3.77. The maximum absolute atomic E-state index is 3.87. The molecule has 0 radical (unpaired) electrons. The summed E-state index contributed by atoms with van der Waals surface area (Å²) in [7, 11) is 0. The van der Waals surface area contributed by atoms with Crippen molar-refractivity contribution in [2.24, 2.45) is 21.5 Å². The molecule has 0 aromatic heterocycles. The summed E-state index contributed by atoms with van der Waals surface area (Å²) in [6, 6.07) is 0. The predicted molar refractivity (Wildman–Crippen MR) is 44.5 cm³/mol. The Morgan fingerprint density at radius 3 is 2.30 bits per heavy atom. The molecule has 0 aromatic rings. The van der Waals surface area contributed by atoms with Gasteiger partial charge in [-0.3, -0.25) is 0 Å². The molecule has 0 saturated heterocycles. The van der Waals surface area contributed by atoms with E-state index < -0.39 is 0 Å². The van der Waals surface area contributed by atoms with E-state index in [0.717, 1.165) is 6.42 Å². The first-order chi connectivity index (χ1) is 4.61. The molecule has 2 nitrogen and oxygen atoms in total. The van der Waals surface area contributed by atoms with Gasteiger partial charge in [0.25, 0.3) is 0 Å². The van der Waals surface area contributed by atoms with Gasteiger partial charge in [-0.25, -0.2) is 0 Å². The van der Waals surface area contributed by atoms with E-state index in [-0.39, 0.29) is 0 Å². The second kappa shape index (κ2) is 2.52. The van der Waals surface area contributed by atoms with Crippen molar-refractivity contribution in [1.82, 2.24) is 0 Å². The zero-order chi connectivity index (χ0) is 7.61. The topological polar surface area (TPSA) is 24.7 Å². The molecule has 1 unspecified atom stereocenters. The maximum Gasteiger partial charge on any atom is 0.0310 e. The van der Waals surface area contributed by atoms with Crippen LogP contribution in [0.2, 0.25) is 0 Å². The summed E-state index contributed by atoms with van der Waals surface area (Å²) in [6.45, 7) is 6.68. The van der Waals surface area contributed by atoms with Crippen LogP contribution in [0.5, 0.6) is 0 Å². The van der Waals surface area contributed by atoms with Crippen molar-refractivity contribution in [3.8, 4) is 0 Å². The first kappa shape index (κ1) is 7.45. The summed E-state index contributed by atoms with van der Waals surface area (Å²) in [4.78, 5) is 0. The van der Waals surface area contributed by atoms with Crippen LogP contribution in [0.15, 0.2) is 10.2 Å². The highest BCUT2D eigenvalue weighted by molar-refractivity contribution is 5.72. The van der Waals surface area contributed by atoms with Crippen LogP contribution in [0, 0.1) is 11.3 Å². The van der Waals surface area contributed by atoms with E-state index in [4.69, 9.17) is 0 Å². The molecule has 0 saturated carbocycles. The molecule has 0 N–H and O–H groups in total. The third kappa shape index (κ3) is 1.66. The average molecular weight is 138 g/mol. The molecule has 0 aromatic carbocycles. The van der Waals surface area contributed by atoms with Gasteiger partial charge >= 0.3 is 0 Å². The molecule has 0 spiro atoms. The summed E-state index contributed by atoms with van der Waals surface area (Å²) in [5.74, 6) is 0.560. The fourth-order valence-electron chi connectivity index (χ4n) is 0.965. The molecular weight excluding hydrogens is 124 g/mol. The predicted octanol–water partition coefficient (Wildman–Crippen LogP) is 2.11. The van der Waals surface area contributed by atoms with Crippen molar-refractivity contribution in [2.75, 3.05) is 0 Å². The molecule has 1 rings (SSSR count). The van der Waals surface area contributed by atoms with Gasteiger partial charge in [-0.1, -0.05) is 20.8 Å². The van der Waals surface area contributed by atoms with Gasteiger partial charge in [0.2, 0.25) is 0 Å². The number of nitrogens with zero attached hydrogens (tertiary/aromatic N) is 2. The van der Waals surface area contributed by atoms with Gasteiger partial charge in [-0.2, -0.15) is 10.2 Å². The molecule has 0 amide bonds. The normalized spacial score (nSPS) is 25.3. The Kier molecular flexibility index (Phi) is 1.88. The fourth-order valence-corrected chi connectivity index (χ4v) is 0.965. The zero-order valence-corrected chi connectivity index (χ0v) is 6.83. The van der Waals surface area contributed by atoms with Crippen molar-refractivity contribution in [2.45, 2.75) is 27.2 Å². The van der Waals surface area contributed by atoms with Crippen molar-refractivity contribution in [3.05, 3.63) is 0 Å². The molecular formula is C8H14N2. The van der Waals surface area contributed by atoms with Crippen LogP contribution < -0.4 is 0 Å². The highest BCUT2D eigenvalue weighted by atomic mass is 15.2. The van der Waals surface area contributed by atoms with Crippen LogP contribution in [0.4, 0.5) is 0 Å². The molecule has 1 aliphatic heterocycles. The van der Waals surface area contributed by atoms with Crippen molar-refractivity contribution < 1.29 is 0 Å². The Morgan fingerprint density at radius 2 is 2.00 bits per heavy atom. The van der Waals surface area contributed by atoms with Crippen LogP contribution in [-0.4, -0.2) is 12.4 Å². The van der Waals surface area contributed by atoms with Gasteiger partial charge < -0.3 is 0 Å². The molecule has 2 heteroatoms. The minimum atomic E-state index is 0.329. The molecule has 0 bridgehead atoms. The lowest BCUT2D eigenvalue weighted by atomic mass is 9.79. The van der Waals surface area contributed by atoms with Crippen LogP contribution in [0.25, 0.3) is 0 Å². The van der Waals surface area contributed by atoms with Crippen LogP contribution in [-0.2, 0) is 0 Å². The van der Waals surface area contributed by atoms with E-state index >= 15 is 0 Å².